The van der Waals surface area contributed by atoms with Gasteiger partial charge in [-0.15, -0.1) is 0 Å². The molecule has 1 rings (SSSR count). The van der Waals surface area contributed by atoms with E-state index in [0.717, 1.165) is 0 Å². The van der Waals surface area contributed by atoms with Gasteiger partial charge in [0.05, 0.1) is 16.6 Å². The molecule has 0 bridgehead atoms. The number of nitrogens with one attached hydrogen (secondary N) is 1. The summed E-state index contributed by atoms with van der Waals surface area (Å²) < 4.78 is 27.1. The second kappa shape index (κ2) is 5.94. The molecular formula is C13H16F2N2O3. The lowest BCUT2D eigenvalue weighted by Crippen LogP contribution is -2.45. The lowest BCUT2D eigenvalue weighted by atomic mass is 9.95. The van der Waals surface area contributed by atoms with Gasteiger partial charge in [0.15, 0.2) is 0 Å². The van der Waals surface area contributed by atoms with E-state index in [4.69, 9.17) is 0 Å². The highest BCUT2D eigenvalue weighted by Gasteiger charge is 2.28. The molecule has 0 radical (unpaired) electrons. The molecule has 0 spiro atoms. The van der Waals surface area contributed by atoms with E-state index in [2.05, 4.69) is 5.32 Å². The molecule has 0 aromatic heterocycles. The van der Waals surface area contributed by atoms with Gasteiger partial charge in [0, 0.05) is 5.54 Å². The van der Waals surface area contributed by atoms with Crippen LogP contribution in [-0.2, 0) is 0 Å². The van der Waals surface area contributed by atoms with Gasteiger partial charge in [-0.2, -0.15) is 4.39 Å². The minimum absolute atomic E-state index is 0.449. The molecule has 1 aromatic rings. The maximum atomic E-state index is 13.9. The van der Waals surface area contributed by atoms with Crippen LogP contribution in [0.3, 0.4) is 0 Å². The monoisotopic (exact) mass is 286 g/mol. The summed E-state index contributed by atoms with van der Waals surface area (Å²) in [6.07, 6.45) is 1.18. The third-order valence-electron chi connectivity index (χ3n) is 3.44. The normalized spacial score (nSPS) is 11.2. The van der Waals surface area contributed by atoms with Crippen LogP contribution in [0.2, 0.25) is 0 Å². The first-order valence-corrected chi connectivity index (χ1v) is 6.20. The van der Waals surface area contributed by atoms with Crippen molar-refractivity contribution in [1.29, 1.82) is 0 Å². The highest BCUT2D eigenvalue weighted by atomic mass is 19.1. The molecule has 7 heteroatoms. The third-order valence-corrected chi connectivity index (χ3v) is 3.44. The quantitative estimate of drug-likeness (QED) is 0.667. The van der Waals surface area contributed by atoms with E-state index in [1.54, 1.807) is 6.92 Å². The zero-order valence-electron chi connectivity index (χ0n) is 11.5. The van der Waals surface area contributed by atoms with Gasteiger partial charge in [-0.25, -0.2) is 4.39 Å². The van der Waals surface area contributed by atoms with E-state index < -0.39 is 39.3 Å². The number of carbonyl (C=O) groups excluding carboxylic acids is 1. The van der Waals surface area contributed by atoms with Gasteiger partial charge in [0.1, 0.15) is 5.82 Å². The number of nitrogens with zero attached hydrogens (tertiary/aromatic N) is 1. The minimum Gasteiger partial charge on any atom is -0.347 e. The summed E-state index contributed by atoms with van der Waals surface area (Å²) in [5.41, 5.74) is -2.29. The smallest absolute Gasteiger partial charge is 0.308 e. The molecule has 0 atom stereocenters. The van der Waals surface area contributed by atoms with Crippen LogP contribution in [0.5, 0.6) is 0 Å². The Kier molecular flexibility index (Phi) is 4.75. The van der Waals surface area contributed by atoms with Crippen molar-refractivity contribution < 1.29 is 18.5 Å². The molecule has 20 heavy (non-hydrogen) atoms. The van der Waals surface area contributed by atoms with Crippen molar-refractivity contribution in [2.45, 2.75) is 39.2 Å². The number of hydrogen-bond donors (Lipinski definition) is 1. The summed E-state index contributed by atoms with van der Waals surface area (Å²) in [5.74, 6) is -3.22. The first kappa shape index (κ1) is 16.0. The van der Waals surface area contributed by atoms with E-state index in [0.29, 0.717) is 25.0 Å². The minimum atomic E-state index is -1.33. The lowest BCUT2D eigenvalue weighted by Gasteiger charge is -2.28. The maximum absolute atomic E-state index is 13.9. The Labute approximate surface area is 115 Å². The van der Waals surface area contributed by atoms with Crippen molar-refractivity contribution in [2.24, 2.45) is 0 Å². The lowest BCUT2D eigenvalue weighted by molar-refractivity contribution is -0.387. The van der Waals surface area contributed by atoms with Crippen LogP contribution >= 0.6 is 0 Å². The average molecular weight is 286 g/mol. The van der Waals surface area contributed by atoms with E-state index >= 15 is 0 Å². The number of amides is 1. The van der Waals surface area contributed by atoms with Crippen molar-refractivity contribution in [3.05, 3.63) is 39.4 Å². The Bertz CT molecular complexity index is 543. The number of rotatable bonds is 5. The van der Waals surface area contributed by atoms with Crippen molar-refractivity contribution in [3.8, 4) is 0 Å². The molecule has 0 aliphatic rings. The van der Waals surface area contributed by atoms with Crippen LogP contribution in [0.4, 0.5) is 14.5 Å². The fourth-order valence-corrected chi connectivity index (χ4v) is 1.64. The first-order chi connectivity index (χ1) is 9.24. The number of benzene rings is 1. The standard InChI is InChI=1S/C13H16F2N2O3/c1-4-13(3,5-2)16-12(18)9-6-8(14)7-10(11(9)15)17(19)20/h6-7H,4-5H2,1-3H3,(H,16,18). The predicted octanol–water partition coefficient (Wildman–Crippen LogP) is 3.18. The number of halogens is 2. The largest absolute Gasteiger partial charge is 0.347 e. The van der Waals surface area contributed by atoms with E-state index in [-0.39, 0.29) is 0 Å². The van der Waals surface area contributed by atoms with Gasteiger partial charge in [0.25, 0.3) is 5.91 Å². The van der Waals surface area contributed by atoms with Crippen molar-refractivity contribution in [3.63, 3.8) is 0 Å². The molecule has 0 heterocycles. The fourth-order valence-electron chi connectivity index (χ4n) is 1.64. The first-order valence-electron chi connectivity index (χ1n) is 6.20. The number of nitro groups is 1. The molecule has 0 aliphatic heterocycles. The molecule has 5 nitrogen and oxygen atoms in total. The van der Waals surface area contributed by atoms with Gasteiger partial charge in [0.2, 0.25) is 5.82 Å². The number of nitro benzene ring substituents is 1. The third kappa shape index (κ3) is 3.28. The molecule has 110 valence electrons. The Balaban J connectivity index is 3.20. The Morgan fingerprint density at radius 1 is 1.35 bits per heavy atom. The summed E-state index contributed by atoms with van der Waals surface area (Å²) in [4.78, 5) is 21.5. The Morgan fingerprint density at radius 2 is 1.90 bits per heavy atom. The van der Waals surface area contributed by atoms with Gasteiger partial charge in [-0.05, 0) is 25.8 Å². The number of carbonyl (C=O) groups is 1. The summed E-state index contributed by atoms with van der Waals surface area (Å²) in [7, 11) is 0. The summed E-state index contributed by atoms with van der Waals surface area (Å²) in [6.45, 7) is 5.44. The van der Waals surface area contributed by atoms with Crippen LogP contribution in [0.25, 0.3) is 0 Å². The Hall–Kier alpha value is -2.05. The van der Waals surface area contributed by atoms with Gasteiger partial charge >= 0.3 is 5.69 Å². The highest BCUT2D eigenvalue weighted by Crippen LogP contribution is 2.23. The highest BCUT2D eigenvalue weighted by molar-refractivity contribution is 5.95. The molecule has 0 aliphatic carbocycles. The Morgan fingerprint density at radius 3 is 2.35 bits per heavy atom. The topological polar surface area (TPSA) is 72.2 Å². The zero-order valence-corrected chi connectivity index (χ0v) is 11.5. The second-order valence-corrected chi connectivity index (χ2v) is 4.77. The molecule has 1 N–H and O–H groups in total. The van der Waals surface area contributed by atoms with Crippen LogP contribution < -0.4 is 5.32 Å². The molecule has 1 amide bonds. The van der Waals surface area contributed by atoms with Gasteiger partial charge in [-0.1, -0.05) is 13.8 Å². The average Bonchev–Trinajstić information content (AvgIpc) is 2.40. The summed E-state index contributed by atoms with van der Waals surface area (Å²) in [6, 6.07) is 1.11. The van der Waals surface area contributed by atoms with Crippen molar-refractivity contribution in [2.75, 3.05) is 0 Å². The maximum Gasteiger partial charge on any atom is 0.308 e. The number of hydrogen-bond acceptors (Lipinski definition) is 3. The predicted molar refractivity (Wildman–Crippen MR) is 69.5 cm³/mol. The zero-order chi connectivity index (χ0) is 15.5. The molecule has 0 saturated carbocycles. The fraction of sp³-hybridized carbons (Fsp3) is 0.462. The summed E-state index contributed by atoms with van der Waals surface area (Å²) in [5, 5.41) is 13.2. The molecule has 1 aromatic carbocycles. The van der Waals surface area contributed by atoms with Crippen molar-refractivity contribution >= 4 is 11.6 Å². The molecule has 0 saturated heterocycles. The van der Waals surface area contributed by atoms with E-state index in [9.17, 15) is 23.7 Å². The van der Waals surface area contributed by atoms with Crippen LogP contribution in [0.15, 0.2) is 12.1 Å². The van der Waals surface area contributed by atoms with E-state index in [1.165, 1.54) is 0 Å². The van der Waals surface area contributed by atoms with Gasteiger partial charge in [-0.3, -0.25) is 14.9 Å². The van der Waals surface area contributed by atoms with Gasteiger partial charge < -0.3 is 5.32 Å². The molecule has 0 unspecified atom stereocenters. The molecular weight excluding hydrogens is 270 g/mol. The van der Waals surface area contributed by atoms with Crippen LogP contribution in [0.1, 0.15) is 44.0 Å². The van der Waals surface area contributed by atoms with Crippen LogP contribution in [-0.4, -0.2) is 16.4 Å². The van der Waals surface area contributed by atoms with Crippen LogP contribution in [0, 0.1) is 21.7 Å². The second-order valence-electron chi connectivity index (χ2n) is 4.77. The summed E-state index contributed by atoms with van der Waals surface area (Å²) >= 11 is 0. The molecule has 0 fully saturated rings. The van der Waals surface area contributed by atoms with E-state index in [1.807, 2.05) is 13.8 Å². The SMILES string of the molecule is CCC(C)(CC)NC(=O)c1cc(F)cc([N+](=O)[O-])c1F. The van der Waals surface area contributed by atoms with Crippen molar-refractivity contribution in [1.82, 2.24) is 5.32 Å².